The van der Waals surface area contributed by atoms with Crippen molar-refractivity contribution in [2.45, 2.75) is 37.6 Å². The van der Waals surface area contributed by atoms with Crippen molar-refractivity contribution >= 4 is 16.7 Å². The molecular weight excluding hydrogens is 388 g/mol. The Kier molecular flexibility index (Phi) is 4.67. The first-order valence-corrected chi connectivity index (χ1v) is 10.9. The van der Waals surface area contributed by atoms with Crippen molar-refractivity contribution in [3.05, 3.63) is 70.8 Å². The number of nitrogens with zero attached hydrogens (tertiary/aromatic N) is 1. The van der Waals surface area contributed by atoms with Crippen LogP contribution in [0.5, 0.6) is 11.5 Å². The molecule has 3 N–H and O–H groups in total. The van der Waals surface area contributed by atoms with Gasteiger partial charge < -0.3 is 15.6 Å². The van der Waals surface area contributed by atoms with Gasteiger partial charge >= 0.3 is 0 Å². The maximum absolute atomic E-state index is 12.3. The van der Waals surface area contributed by atoms with Crippen LogP contribution in [0.2, 0.25) is 0 Å². The number of phenols is 1. The Morgan fingerprint density at radius 3 is 2.65 bits per heavy atom. The molecule has 3 aromatic carbocycles. The van der Waals surface area contributed by atoms with Crippen LogP contribution in [0.3, 0.4) is 0 Å². The predicted octanol–water partition coefficient (Wildman–Crippen LogP) is 4.12. The summed E-state index contributed by atoms with van der Waals surface area (Å²) in [5, 5.41) is 12.3. The Morgan fingerprint density at radius 2 is 2.00 bits per heavy atom. The first kappa shape index (κ1) is 19.9. The van der Waals surface area contributed by atoms with Gasteiger partial charge in [-0.2, -0.15) is 0 Å². The number of likely N-dealkylation sites (N-methyl/N-ethyl adjacent to an activating group) is 1. The number of benzene rings is 3. The number of carbonyl (C=O) groups is 1. The van der Waals surface area contributed by atoms with Crippen LogP contribution >= 0.6 is 0 Å². The average Bonchev–Trinajstić information content (AvgIpc) is 3.54. The maximum Gasteiger partial charge on any atom is 0.249 e. The minimum Gasteiger partial charge on any atom is -0.508 e. The van der Waals surface area contributed by atoms with Gasteiger partial charge in [0, 0.05) is 17.0 Å². The van der Waals surface area contributed by atoms with E-state index >= 15 is 0 Å². The molecule has 1 saturated carbocycles. The molecule has 0 aromatic heterocycles. The molecule has 1 saturated heterocycles. The molecule has 2 aliphatic rings. The molecule has 0 bridgehead atoms. The lowest BCUT2D eigenvalue weighted by atomic mass is 9.81. The third-order valence-electron chi connectivity index (χ3n) is 7.17. The number of aromatic hydroxyl groups is 1. The Labute approximate surface area is 182 Å². The predicted molar refractivity (Wildman–Crippen MR) is 122 cm³/mol. The Morgan fingerprint density at radius 1 is 1.19 bits per heavy atom. The van der Waals surface area contributed by atoms with Crippen molar-refractivity contribution in [2.75, 3.05) is 20.2 Å². The number of ether oxygens (including phenoxy) is 1. The van der Waals surface area contributed by atoms with Crippen molar-refractivity contribution < 1.29 is 14.6 Å². The molecule has 5 rings (SSSR count). The molecule has 5 nitrogen and oxygen atoms in total. The number of likely N-dealkylation sites (tertiary alicyclic amines) is 1. The Balaban J connectivity index is 1.60. The van der Waals surface area contributed by atoms with Crippen molar-refractivity contribution in [3.8, 4) is 11.5 Å². The van der Waals surface area contributed by atoms with E-state index in [2.05, 4.69) is 36.2 Å². The molecule has 2 fully saturated rings. The van der Waals surface area contributed by atoms with Gasteiger partial charge in [-0.3, -0.25) is 9.69 Å². The molecule has 1 amide bonds. The highest BCUT2D eigenvalue weighted by atomic mass is 16.5. The molecule has 1 unspecified atom stereocenters. The second-order valence-corrected chi connectivity index (χ2v) is 9.03. The van der Waals surface area contributed by atoms with Gasteiger partial charge in [0.15, 0.2) is 0 Å². The van der Waals surface area contributed by atoms with Crippen LogP contribution in [0.15, 0.2) is 48.5 Å². The van der Waals surface area contributed by atoms with Gasteiger partial charge in [-0.15, -0.1) is 0 Å². The second kappa shape index (κ2) is 7.27. The van der Waals surface area contributed by atoms with E-state index in [0.29, 0.717) is 24.0 Å². The summed E-state index contributed by atoms with van der Waals surface area (Å²) in [7, 11) is 2.10. The maximum atomic E-state index is 12.3. The largest absolute Gasteiger partial charge is 0.508 e. The number of nitrogens with two attached hydrogens (primary N) is 1. The average molecular weight is 417 g/mol. The van der Waals surface area contributed by atoms with E-state index in [-0.39, 0.29) is 11.2 Å². The van der Waals surface area contributed by atoms with Gasteiger partial charge in [0.05, 0.1) is 0 Å². The zero-order valence-corrected chi connectivity index (χ0v) is 18.0. The van der Waals surface area contributed by atoms with Crippen molar-refractivity contribution in [1.82, 2.24) is 4.90 Å². The van der Waals surface area contributed by atoms with E-state index in [1.165, 1.54) is 5.56 Å². The smallest absolute Gasteiger partial charge is 0.249 e. The van der Waals surface area contributed by atoms with Gasteiger partial charge in [0.25, 0.3) is 0 Å². The molecule has 1 atom stereocenters. The molecule has 160 valence electrons. The molecular formula is C26H28N2O3. The minimum absolute atomic E-state index is 0.200. The summed E-state index contributed by atoms with van der Waals surface area (Å²) in [4.78, 5) is 14.5. The summed E-state index contributed by atoms with van der Waals surface area (Å²) in [5.74, 6) is 0.521. The fraction of sp³-hybridized carbons (Fsp3) is 0.346. The summed E-state index contributed by atoms with van der Waals surface area (Å²) in [5.41, 5.74) is 9.24. The number of phenolic OH excluding ortho intramolecular Hbond substituents is 1. The van der Waals surface area contributed by atoms with Crippen LogP contribution in [0, 0.1) is 6.92 Å². The SMILES string of the molecule is Cc1c(C(N)=O)cc(OCC2CCN2C)cc1C1(c2cccc3ccc(O)cc23)CC1. The number of primary amides is 1. The van der Waals surface area contributed by atoms with Crippen LogP contribution in [-0.2, 0) is 5.41 Å². The van der Waals surface area contributed by atoms with E-state index < -0.39 is 5.91 Å². The third kappa shape index (κ3) is 3.33. The quantitative estimate of drug-likeness (QED) is 0.634. The van der Waals surface area contributed by atoms with Crippen LogP contribution in [0.25, 0.3) is 10.8 Å². The van der Waals surface area contributed by atoms with Crippen LogP contribution in [0.4, 0.5) is 0 Å². The molecule has 1 heterocycles. The summed E-state index contributed by atoms with van der Waals surface area (Å²) >= 11 is 0. The second-order valence-electron chi connectivity index (χ2n) is 9.03. The lowest BCUT2D eigenvalue weighted by Crippen LogP contribution is -2.48. The molecule has 1 aliphatic heterocycles. The Hall–Kier alpha value is -3.05. The summed E-state index contributed by atoms with van der Waals surface area (Å²) in [6.45, 7) is 3.67. The number of hydrogen-bond donors (Lipinski definition) is 2. The first-order valence-electron chi connectivity index (χ1n) is 10.9. The number of rotatable bonds is 6. The van der Waals surface area contributed by atoms with E-state index in [1.807, 2.05) is 19.1 Å². The summed E-state index contributed by atoms with van der Waals surface area (Å²) in [6.07, 6.45) is 3.09. The van der Waals surface area contributed by atoms with Crippen LogP contribution < -0.4 is 10.5 Å². The summed E-state index contributed by atoms with van der Waals surface area (Å²) in [6, 6.07) is 16.0. The van der Waals surface area contributed by atoms with E-state index in [9.17, 15) is 9.90 Å². The lowest BCUT2D eigenvalue weighted by Gasteiger charge is -2.37. The monoisotopic (exact) mass is 416 g/mol. The van der Waals surface area contributed by atoms with E-state index in [4.69, 9.17) is 10.5 Å². The third-order valence-corrected chi connectivity index (χ3v) is 7.17. The van der Waals surface area contributed by atoms with Crippen molar-refractivity contribution in [2.24, 2.45) is 5.73 Å². The van der Waals surface area contributed by atoms with Gasteiger partial charge in [-0.25, -0.2) is 0 Å². The first-order chi connectivity index (χ1) is 14.9. The van der Waals surface area contributed by atoms with Crippen molar-refractivity contribution in [3.63, 3.8) is 0 Å². The van der Waals surface area contributed by atoms with Gasteiger partial charge in [0.2, 0.25) is 5.91 Å². The van der Waals surface area contributed by atoms with Gasteiger partial charge in [0.1, 0.15) is 18.1 Å². The van der Waals surface area contributed by atoms with Crippen LogP contribution in [-0.4, -0.2) is 42.2 Å². The molecule has 0 spiro atoms. The number of fused-ring (bicyclic) bond motifs is 1. The number of amides is 1. The Bertz CT molecular complexity index is 1180. The summed E-state index contributed by atoms with van der Waals surface area (Å²) < 4.78 is 6.14. The number of hydrogen-bond acceptors (Lipinski definition) is 4. The molecule has 31 heavy (non-hydrogen) atoms. The van der Waals surface area contributed by atoms with Crippen molar-refractivity contribution in [1.29, 1.82) is 0 Å². The molecule has 1 aliphatic carbocycles. The standard InChI is InChI=1S/C26H28N2O3/c1-16-21(25(27)30)13-20(31-15-18-8-11-28(18)2)14-24(16)26(9-10-26)23-5-3-4-17-6-7-19(29)12-22(17)23/h3-7,12-14,18,29H,8-11,15H2,1-2H3,(H2,27,30). The zero-order valence-electron chi connectivity index (χ0n) is 18.0. The topological polar surface area (TPSA) is 75.8 Å². The lowest BCUT2D eigenvalue weighted by molar-refractivity contribution is 0.0767. The zero-order chi connectivity index (χ0) is 21.8. The molecule has 3 aromatic rings. The number of carbonyl (C=O) groups excluding carboxylic acids is 1. The van der Waals surface area contributed by atoms with E-state index in [0.717, 1.165) is 47.7 Å². The highest BCUT2D eigenvalue weighted by Crippen LogP contribution is 2.57. The fourth-order valence-corrected chi connectivity index (χ4v) is 4.98. The minimum atomic E-state index is -0.434. The highest BCUT2D eigenvalue weighted by Gasteiger charge is 2.48. The molecule has 5 heteroatoms. The highest BCUT2D eigenvalue weighted by molar-refractivity contribution is 5.96. The van der Waals surface area contributed by atoms with Gasteiger partial charge in [-0.05, 0) is 91.5 Å². The molecule has 0 radical (unpaired) electrons. The fourth-order valence-electron chi connectivity index (χ4n) is 4.98. The normalized spacial score (nSPS) is 19.7. The van der Waals surface area contributed by atoms with Crippen LogP contribution in [0.1, 0.15) is 46.3 Å². The van der Waals surface area contributed by atoms with E-state index in [1.54, 1.807) is 12.1 Å². The van der Waals surface area contributed by atoms with Gasteiger partial charge in [-0.1, -0.05) is 24.3 Å².